The lowest BCUT2D eigenvalue weighted by Crippen LogP contribution is -2.37. The molecule has 2 rings (SSSR count). The Bertz CT molecular complexity index is 580. The van der Waals surface area contributed by atoms with Crippen molar-refractivity contribution in [2.24, 2.45) is 0 Å². The third kappa shape index (κ3) is 3.30. The number of benzene rings is 1. The summed E-state index contributed by atoms with van der Waals surface area (Å²) in [5, 5.41) is 6.83. The summed E-state index contributed by atoms with van der Waals surface area (Å²) in [5.41, 5.74) is 0.281. The molecule has 0 bridgehead atoms. The quantitative estimate of drug-likeness (QED) is 0.862. The highest BCUT2D eigenvalue weighted by atomic mass is 28.3. The lowest BCUT2D eigenvalue weighted by Gasteiger charge is -2.16. The summed E-state index contributed by atoms with van der Waals surface area (Å²) in [5.74, 6) is 0. The summed E-state index contributed by atoms with van der Waals surface area (Å²) in [7, 11) is -1.37. The molecule has 1 aromatic heterocycles. The monoisotopic (exact) mass is 298 g/mol. The fraction of sp³-hybridized carbons (Fsp3) is 0.357. The van der Waals surface area contributed by atoms with Crippen LogP contribution in [0.2, 0.25) is 19.6 Å². The zero-order valence-corrected chi connectivity index (χ0v) is 12.7. The van der Waals surface area contributed by atoms with Gasteiger partial charge in [-0.25, -0.2) is 0 Å². The molecule has 0 aliphatic rings. The van der Waals surface area contributed by atoms with Gasteiger partial charge in [-0.15, -0.1) is 0 Å². The molecule has 1 aromatic carbocycles. The zero-order chi connectivity index (χ0) is 15.0. The van der Waals surface area contributed by atoms with E-state index in [4.69, 9.17) is 0 Å². The minimum absolute atomic E-state index is 0.179. The molecule has 2 nitrogen and oxygen atoms in total. The number of hydrogen-bond acceptors (Lipinski definition) is 1. The molecule has 0 radical (unpaired) electrons. The van der Waals surface area contributed by atoms with Gasteiger partial charge in [0.2, 0.25) is 0 Å². The molecule has 0 spiro atoms. The number of halogens is 3. The number of alkyl halides is 3. The first-order valence-corrected chi connectivity index (χ1v) is 9.87. The highest BCUT2D eigenvalue weighted by molar-refractivity contribution is 6.88. The first-order valence-electron chi connectivity index (χ1n) is 6.37. The van der Waals surface area contributed by atoms with Crippen LogP contribution in [0, 0.1) is 0 Å². The number of rotatable bonds is 3. The number of aromatic nitrogens is 2. The molecular formula is C14H17F3N2Si. The second kappa shape index (κ2) is 5.09. The molecule has 108 valence electrons. The van der Waals surface area contributed by atoms with Crippen molar-refractivity contribution in [1.29, 1.82) is 0 Å². The van der Waals surface area contributed by atoms with E-state index in [0.717, 1.165) is 5.56 Å². The highest BCUT2D eigenvalue weighted by Gasteiger charge is 2.35. The smallest absolute Gasteiger partial charge is 0.273 e. The fourth-order valence-corrected chi connectivity index (χ4v) is 3.20. The van der Waals surface area contributed by atoms with Crippen LogP contribution < -0.4 is 5.19 Å². The molecule has 1 N–H and O–H groups in total. The fourth-order valence-electron chi connectivity index (χ4n) is 2.03. The SMILES string of the molecule is C[Si](C)(C)c1ccc(Cc2cn[nH]c2C(F)(F)F)cc1. The van der Waals surface area contributed by atoms with Gasteiger partial charge in [0, 0.05) is 12.0 Å². The first-order chi connectivity index (χ1) is 9.18. The van der Waals surface area contributed by atoms with Crippen LogP contribution in [0.1, 0.15) is 16.8 Å². The highest BCUT2D eigenvalue weighted by Crippen LogP contribution is 2.30. The predicted octanol–water partition coefficient (Wildman–Crippen LogP) is 3.56. The average Bonchev–Trinajstić information content (AvgIpc) is 2.76. The van der Waals surface area contributed by atoms with Crippen LogP contribution in [0.5, 0.6) is 0 Å². The standard InChI is InChI=1S/C14H17F3N2Si/c1-20(2,3)12-6-4-10(5-7-12)8-11-9-18-19-13(11)14(15,16)17/h4-7,9H,8H2,1-3H3,(H,18,19). The second-order valence-corrected chi connectivity index (χ2v) is 11.0. The van der Waals surface area contributed by atoms with Crippen LogP contribution in [-0.2, 0) is 12.6 Å². The van der Waals surface area contributed by atoms with Gasteiger partial charge in [-0.3, -0.25) is 5.10 Å². The van der Waals surface area contributed by atoms with Crippen molar-refractivity contribution in [3.63, 3.8) is 0 Å². The van der Waals surface area contributed by atoms with Gasteiger partial charge in [0.25, 0.3) is 0 Å². The minimum Gasteiger partial charge on any atom is -0.273 e. The van der Waals surface area contributed by atoms with Gasteiger partial charge in [0.05, 0.1) is 14.3 Å². The zero-order valence-electron chi connectivity index (χ0n) is 11.7. The number of nitrogens with zero attached hydrogens (tertiary/aromatic N) is 1. The van der Waals surface area contributed by atoms with Crippen molar-refractivity contribution in [2.45, 2.75) is 32.2 Å². The average molecular weight is 298 g/mol. The Hall–Kier alpha value is -1.56. The van der Waals surface area contributed by atoms with E-state index in [2.05, 4.69) is 24.7 Å². The summed E-state index contributed by atoms with van der Waals surface area (Å²) in [6.07, 6.45) is -2.91. The molecule has 0 saturated heterocycles. The summed E-state index contributed by atoms with van der Waals surface area (Å²) >= 11 is 0. The van der Waals surface area contributed by atoms with Gasteiger partial charge in [-0.05, 0) is 5.56 Å². The van der Waals surface area contributed by atoms with Gasteiger partial charge in [-0.1, -0.05) is 49.1 Å². The molecule has 0 fully saturated rings. The summed E-state index contributed by atoms with van der Waals surface area (Å²) in [4.78, 5) is 0. The largest absolute Gasteiger partial charge is 0.433 e. The molecule has 0 amide bonds. The van der Waals surface area contributed by atoms with E-state index in [1.165, 1.54) is 11.4 Å². The molecule has 20 heavy (non-hydrogen) atoms. The van der Waals surface area contributed by atoms with Crippen LogP contribution in [0.4, 0.5) is 13.2 Å². The number of nitrogens with one attached hydrogen (secondary N) is 1. The van der Waals surface area contributed by atoms with E-state index in [1.807, 2.05) is 29.4 Å². The molecule has 0 atom stereocenters. The van der Waals surface area contributed by atoms with Crippen molar-refractivity contribution in [3.05, 3.63) is 47.3 Å². The first kappa shape index (κ1) is 14.8. The van der Waals surface area contributed by atoms with Gasteiger partial charge in [0.15, 0.2) is 0 Å². The van der Waals surface area contributed by atoms with Crippen molar-refractivity contribution in [2.75, 3.05) is 0 Å². The van der Waals surface area contributed by atoms with Gasteiger partial charge in [-0.2, -0.15) is 18.3 Å². The van der Waals surface area contributed by atoms with Gasteiger partial charge in [0.1, 0.15) is 5.69 Å². The molecule has 2 aromatic rings. The molecule has 0 aliphatic heterocycles. The molecule has 0 aliphatic carbocycles. The maximum atomic E-state index is 12.7. The Morgan fingerprint density at radius 1 is 1.10 bits per heavy atom. The molecule has 0 unspecified atom stereocenters. The van der Waals surface area contributed by atoms with E-state index < -0.39 is 19.9 Å². The maximum Gasteiger partial charge on any atom is 0.433 e. The summed E-state index contributed by atoms with van der Waals surface area (Å²) in [6, 6.07) is 7.85. The number of hydrogen-bond donors (Lipinski definition) is 1. The molecule has 0 saturated carbocycles. The minimum atomic E-state index is -4.38. The van der Waals surface area contributed by atoms with Crippen LogP contribution in [0.25, 0.3) is 0 Å². The maximum absolute atomic E-state index is 12.7. The summed E-state index contributed by atoms with van der Waals surface area (Å²) in [6.45, 7) is 6.71. The Kier molecular flexibility index (Phi) is 3.77. The lowest BCUT2D eigenvalue weighted by atomic mass is 10.1. The van der Waals surface area contributed by atoms with E-state index in [0.29, 0.717) is 0 Å². The Morgan fingerprint density at radius 3 is 2.20 bits per heavy atom. The molecular weight excluding hydrogens is 281 g/mol. The van der Waals surface area contributed by atoms with Crippen LogP contribution in [0.15, 0.2) is 30.5 Å². The van der Waals surface area contributed by atoms with E-state index in [1.54, 1.807) is 0 Å². The van der Waals surface area contributed by atoms with Crippen molar-refractivity contribution < 1.29 is 13.2 Å². The third-order valence-corrected chi connectivity index (χ3v) is 5.28. The lowest BCUT2D eigenvalue weighted by molar-refractivity contribution is -0.141. The van der Waals surface area contributed by atoms with Gasteiger partial charge >= 0.3 is 6.18 Å². The van der Waals surface area contributed by atoms with Crippen molar-refractivity contribution >= 4 is 13.3 Å². The van der Waals surface area contributed by atoms with E-state index >= 15 is 0 Å². The number of aromatic amines is 1. The second-order valence-electron chi connectivity index (χ2n) is 5.89. The summed E-state index contributed by atoms with van der Waals surface area (Å²) < 4.78 is 38.2. The van der Waals surface area contributed by atoms with Crippen molar-refractivity contribution in [3.8, 4) is 0 Å². The topological polar surface area (TPSA) is 28.7 Å². The third-order valence-electron chi connectivity index (χ3n) is 3.22. The van der Waals surface area contributed by atoms with Crippen LogP contribution in [0.3, 0.4) is 0 Å². The molecule has 1 heterocycles. The number of H-pyrrole nitrogens is 1. The Balaban J connectivity index is 2.22. The van der Waals surface area contributed by atoms with Crippen LogP contribution >= 0.6 is 0 Å². The van der Waals surface area contributed by atoms with E-state index in [-0.39, 0.29) is 12.0 Å². The van der Waals surface area contributed by atoms with Gasteiger partial charge < -0.3 is 0 Å². The molecule has 6 heteroatoms. The predicted molar refractivity (Wildman–Crippen MR) is 75.8 cm³/mol. The Morgan fingerprint density at radius 2 is 1.70 bits per heavy atom. The Labute approximate surface area is 117 Å². The van der Waals surface area contributed by atoms with Crippen LogP contribution in [-0.4, -0.2) is 18.3 Å². The normalized spacial score (nSPS) is 12.7. The van der Waals surface area contributed by atoms with Crippen molar-refractivity contribution in [1.82, 2.24) is 10.2 Å². The van der Waals surface area contributed by atoms with E-state index in [9.17, 15) is 13.2 Å².